The van der Waals surface area contributed by atoms with Crippen molar-refractivity contribution in [1.82, 2.24) is 9.97 Å². The molecule has 0 bridgehead atoms. The molecule has 2 aromatic heterocycles. The molecule has 0 aliphatic rings. The monoisotopic (exact) mass is 120 g/mol. The topological polar surface area (TPSA) is 38.9 Å². The highest BCUT2D eigenvalue weighted by molar-refractivity contribution is 5.66. The summed E-state index contributed by atoms with van der Waals surface area (Å²) >= 11 is 0. The maximum Gasteiger partial charge on any atom is 0.244 e. The summed E-state index contributed by atoms with van der Waals surface area (Å²) in [6, 6.07) is 1.78. The van der Waals surface area contributed by atoms with Crippen LogP contribution in [0.25, 0.3) is 11.2 Å². The molecule has 3 nitrogen and oxygen atoms in total. The molecule has 2 rings (SSSR count). The van der Waals surface area contributed by atoms with Crippen molar-refractivity contribution in [2.24, 2.45) is 0 Å². The largest absolute Gasteiger partial charge is 0.445 e. The molecule has 44 valence electrons. The number of hydrogen-bond acceptors (Lipinski definition) is 3. The minimum Gasteiger partial charge on any atom is -0.445 e. The first-order valence-corrected chi connectivity index (χ1v) is 2.61. The second kappa shape index (κ2) is 1.55. The van der Waals surface area contributed by atoms with Gasteiger partial charge in [0, 0.05) is 18.5 Å². The summed E-state index contributed by atoms with van der Waals surface area (Å²) in [7, 11) is 0. The van der Waals surface area contributed by atoms with Gasteiger partial charge in [-0.05, 0) is 0 Å². The van der Waals surface area contributed by atoms with Crippen LogP contribution in [0.3, 0.4) is 0 Å². The van der Waals surface area contributed by atoms with E-state index < -0.39 is 0 Å². The first-order valence-electron chi connectivity index (χ1n) is 2.61. The third kappa shape index (κ3) is 0.579. The lowest BCUT2D eigenvalue weighted by atomic mass is 10.5. The van der Waals surface area contributed by atoms with Crippen LogP contribution >= 0.6 is 0 Å². The van der Waals surface area contributed by atoms with Gasteiger partial charge in [-0.25, -0.2) is 9.97 Å². The van der Waals surface area contributed by atoms with Crippen molar-refractivity contribution in [3.63, 3.8) is 0 Å². The highest BCUT2D eigenvalue weighted by atomic mass is 16.3. The minimum atomic E-state index is 0.595. The Hall–Kier alpha value is -1.38. The van der Waals surface area contributed by atoms with Crippen molar-refractivity contribution < 1.29 is 4.42 Å². The third-order valence-electron chi connectivity index (χ3n) is 1.10. The first kappa shape index (κ1) is 4.49. The van der Waals surface area contributed by atoms with Crippen LogP contribution in [-0.2, 0) is 0 Å². The fraction of sp³-hybridized carbons (Fsp3) is 0. The van der Waals surface area contributed by atoms with E-state index in [4.69, 9.17) is 4.42 Å². The molecule has 0 radical (unpaired) electrons. The van der Waals surface area contributed by atoms with Crippen molar-refractivity contribution in [2.45, 2.75) is 0 Å². The molecule has 3 heteroatoms. The molecule has 0 aromatic carbocycles. The maximum absolute atomic E-state index is 4.94. The summed E-state index contributed by atoms with van der Waals surface area (Å²) in [6.45, 7) is 0. The Bertz CT molecular complexity index is 285. The lowest BCUT2D eigenvalue weighted by molar-refractivity contribution is 0.602. The van der Waals surface area contributed by atoms with Crippen LogP contribution in [0.15, 0.2) is 29.1 Å². The van der Waals surface area contributed by atoms with Gasteiger partial charge in [0.2, 0.25) is 5.71 Å². The van der Waals surface area contributed by atoms with E-state index in [2.05, 4.69) is 9.97 Å². The summed E-state index contributed by atoms with van der Waals surface area (Å²) in [5.41, 5.74) is 1.40. The van der Waals surface area contributed by atoms with E-state index in [-0.39, 0.29) is 0 Å². The van der Waals surface area contributed by atoms with Crippen LogP contribution in [0.2, 0.25) is 0 Å². The molecular weight excluding hydrogens is 116 g/mol. The lowest BCUT2D eigenvalue weighted by Gasteiger charge is -1.80. The van der Waals surface area contributed by atoms with Gasteiger partial charge in [-0.3, -0.25) is 0 Å². The highest BCUT2D eigenvalue weighted by Gasteiger charge is 1.93. The van der Waals surface area contributed by atoms with Crippen molar-refractivity contribution in [3.8, 4) is 0 Å². The molecule has 0 aliphatic heterocycles. The first-order chi connectivity index (χ1) is 4.47. The van der Waals surface area contributed by atoms with Crippen LogP contribution in [-0.4, -0.2) is 9.97 Å². The second-order valence-electron chi connectivity index (χ2n) is 1.67. The van der Waals surface area contributed by atoms with E-state index in [9.17, 15) is 0 Å². The van der Waals surface area contributed by atoms with Crippen LogP contribution in [0.4, 0.5) is 0 Å². The highest BCUT2D eigenvalue weighted by Crippen LogP contribution is 2.06. The third-order valence-corrected chi connectivity index (χ3v) is 1.10. The zero-order valence-corrected chi connectivity index (χ0v) is 4.61. The van der Waals surface area contributed by atoms with Gasteiger partial charge >= 0.3 is 0 Å². The molecule has 0 saturated heterocycles. The van der Waals surface area contributed by atoms with E-state index in [1.54, 1.807) is 24.7 Å². The molecule has 0 N–H and O–H groups in total. The molecule has 9 heavy (non-hydrogen) atoms. The molecule has 0 amide bonds. The fourth-order valence-electron chi connectivity index (χ4n) is 0.704. The Morgan fingerprint density at radius 2 is 2.11 bits per heavy atom. The summed E-state index contributed by atoms with van der Waals surface area (Å²) in [5.74, 6) is 0. The normalized spacial score (nSPS) is 10.2. The molecular formula is C6H4N2O. The zero-order chi connectivity index (χ0) is 6.10. The maximum atomic E-state index is 4.94. The van der Waals surface area contributed by atoms with Crippen LogP contribution in [0, 0.1) is 0 Å². The smallest absolute Gasteiger partial charge is 0.244 e. The van der Waals surface area contributed by atoms with Gasteiger partial charge in [0.05, 0.1) is 6.26 Å². The summed E-state index contributed by atoms with van der Waals surface area (Å²) < 4.78 is 4.94. The average Bonchev–Trinajstić information content (AvgIpc) is 2.33. The predicted octanol–water partition coefficient (Wildman–Crippen LogP) is 1.22. The van der Waals surface area contributed by atoms with Crippen molar-refractivity contribution >= 4 is 11.2 Å². The Morgan fingerprint density at radius 3 is 3.00 bits per heavy atom. The Balaban J connectivity index is 2.95. The summed E-state index contributed by atoms with van der Waals surface area (Å²) in [6.07, 6.45) is 4.81. The fourth-order valence-corrected chi connectivity index (χ4v) is 0.704. The Kier molecular flexibility index (Phi) is 0.773. The molecule has 2 heterocycles. The van der Waals surface area contributed by atoms with Crippen molar-refractivity contribution in [2.75, 3.05) is 0 Å². The molecule has 0 spiro atoms. The van der Waals surface area contributed by atoms with Crippen LogP contribution < -0.4 is 0 Å². The van der Waals surface area contributed by atoms with Crippen molar-refractivity contribution in [1.29, 1.82) is 0 Å². The van der Waals surface area contributed by atoms with E-state index in [0.717, 1.165) is 5.52 Å². The number of hydrogen-bond donors (Lipinski definition) is 0. The number of fused-ring (bicyclic) bond motifs is 1. The molecule has 0 unspecified atom stereocenters. The van der Waals surface area contributed by atoms with Gasteiger partial charge < -0.3 is 4.42 Å². The van der Waals surface area contributed by atoms with Crippen molar-refractivity contribution in [3.05, 3.63) is 24.7 Å². The second-order valence-corrected chi connectivity index (χ2v) is 1.67. The minimum absolute atomic E-state index is 0.595. The number of aromatic nitrogens is 2. The van der Waals surface area contributed by atoms with Gasteiger partial charge in [0.25, 0.3) is 0 Å². The van der Waals surface area contributed by atoms with Gasteiger partial charge in [-0.15, -0.1) is 0 Å². The van der Waals surface area contributed by atoms with E-state index in [0.29, 0.717) is 5.71 Å². The van der Waals surface area contributed by atoms with E-state index >= 15 is 0 Å². The predicted molar refractivity (Wildman–Crippen MR) is 31.8 cm³/mol. The summed E-state index contributed by atoms with van der Waals surface area (Å²) in [5, 5.41) is 0. The van der Waals surface area contributed by atoms with Gasteiger partial charge in [-0.2, -0.15) is 0 Å². The number of nitrogens with zero attached hydrogens (tertiary/aromatic N) is 2. The molecule has 0 fully saturated rings. The SMILES string of the molecule is c1cnc2occc2n1. The molecule has 0 atom stereocenters. The van der Waals surface area contributed by atoms with E-state index in [1.807, 2.05) is 0 Å². The lowest BCUT2D eigenvalue weighted by Crippen LogP contribution is -1.73. The van der Waals surface area contributed by atoms with Crippen LogP contribution in [0.5, 0.6) is 0 Å². The molecule has 0 aliphatic carbocycles. The van der Waals surface area contributed by atoms with Gasteiger partial charge in [-0.1, -0.05) is 0 Å². The average molecular weight is 120 g/mol. The Labute approximate surface area is 51.3 Å². The number of furan rings is 1. The van der Waals surface area contributed by atoms with Crippen LogP contribution in [0.1, 0.15) is 0 Å². The summed E-state index contributed by atoms with van der Waals surface area (Å²) in [4.78, 5) is 7.90. The number of rotatable bonds is 0. The zero-order valence-electron chi connectivity index (χ0n) is 4.61. The van der Waals surface area contributed by atoms with E-state index in [1.165, 1.54) is 0 Å². The van der Waals surface area contributed by atoms with Gasteiger partial charge in [0.15, 0.2) is 0 Å². The Morgan fingerprint density at radius 1 is 1.22 bits per heavy atom. The van der Waals surface area contributed by atoms with Gasteiger partial charge in [0.1, 0.15) is 5.52 Å². The quantitative estimate of drug-likeness (QED) is 0.524. The molecule has 2 aromatic rings. The molecule has 0 saturated carbocycles. The standard InChI is InChI=1S/C6H4N2O/c1-4-9-6-5(1)7-2-3-8-6/h1-4H.